The normalized spacial score (nSPS) is 14.4. The first-order valence-corrected chi connectivity index (χ1v) is 9.82. The predicted octanol–water partition coefficient (Wildman–Crippen LogP) is 3.24. The second-order valence-electron chi connectivity index (χ2n) is 7.53. The fourth-order valence-electron chi connectivity index (χ4n) is 3.37. The molecule has 0 spiro atoms. The van der Waals surface area contributed by atoms with E-state index < -0.39 is 23.4 Å². The van der Waals surface area contributed by atoms with E-state index in [9.17, 15) is 19.7 Å². The molecule has 1 amide bonds. The zero-order valence-electron chi connectivity index (χ0n) is 17.1. The first-order valence-electron chi connectivity index (χ1n) is 9.82. The monoisotopic (exact) mass is 415 g/mol. The van der Waals surface area contributed by atoms with Gasteiger partial charge in [0.15, 0.2) is 6.61 Å². The number of esters is 1. The Hall–Kier alpha value is -3.36. The van der Waals surface area contributed by atoms with Crippen molar-refractivity contribution in [3.05, 3.63) is 58.0 Å². The largest absolute Gasteiger partial charge is 0.467 e. The number of rotatable bonds is 7. The molecule has 2 heterocycles. The minimum atomic E-state index is -0.757. The smallest absolute Gasteiger partial charge is 0.341 e. The number of likely N-dealkylation sites (N-methyl/N-ethyl adjacent to an activating group) is 1. The molecular weight excluding hydrogens is 390 g/mol. The first-order chi connectivity index (χ1) is 14.3. The highest BCUT2D eigenvalue weighted by molar-refractivity contribution is 5.97. The summed E-state index contributed by atoms with van der Waals surface area (Å²) in [6.45, 7) is 3.47. The Morgan fingerprint density at radius 3 is 2.67 bits per heavy atom. The molecule has 9 nitrogen and oxygen atoms in total. The molecule has 2 aromatic rings. The number of piperidine rings is 1. The number of ether oxygens (including phenoxy) is 1. The Kier molecular flexibility index (Phi) is 6.71. The van der Waals surface area contributed by atoms with Crippen LogP contribution in [0.1, 0.15) is 35.9 Å². The van der Waals surface area contributed by atoms with Crippen molar-refractivity contribution in [2.75, 3.05) is 31.6 Å². The quantitative estimate of drug-likeness (QED) is 0.388. The second kappa shape index (κ2) is 9.43. The highest BCUT2D eigenvalue weighted by Gasteiger charge is 2.25. The van der Waals surface area contributed by atoms with Crippen LogP contribution in [0.5, 0.6) is 0 Å². The summed E-state index contributed by atoms with van der Waals surface area (Å²) in [6, 6.07) is 7.64. The molecule has 1 aliphatic rings. The summed E-state index contributed by atoms with van der Waals surface area (Å²) >= 11 is 0. The summed E-state index contributed by atoms with van der Waals surface area (Å²) in [6.07, 6.45) is 3.46. The summed E-state index contributed by atoms with van der Waals surface area (Å²) in [4.78, 5) is 39.1. The fourth-order valence-corrected chi connectivity index (χ4v) is 3.37. The van der Waals surface area contributed by atoms with Crippen LogP contribution in [0.2, 0.25) is 0 Å². The number of hydrogen-bond acceptors (Lipinski definition) is 7. The lowest BCUT2D eigenvalue weighted by atomic mass is 9.98. The summed E-state index contributed by atoms with van der Waals surface area (Å²) in [5.74, 6) is 0.0418. The number of nitro benzene ring substituents is 1. The van der Waals surface area contributed by atoms with Crippen LogP contribution in [0.25, 0.3) is 0 Å². The summed E-state index contributed by atoms with van der Waals surface area (Å²) in [5.41, 5.74) is 0.492. The van der Waals surface area contributed by atoms with Crippen molar-refractivity contribution in [1.82, 2.24) is 4.90 Å². The van der Waals surface area contributed by atoms with E-state index in [1.807, 2.05) is 4.90 Å². The lowest BCUT2D eigenvalue weighted by Crippen LogP contribution is -2.34. The highest BCUT2D eigenvalue weighted by Crippen LogP contribution is 2.29. The van der Waals surface area contributed by atoms with E-state index >= 15 is 0 Å². The van der Waals surface area contributed by atoms with Crippen molar-refractivity contribution in [2.45, 2.75) is 26.3 Å². The molecule has 9 heteroatoms. The molecule has 1 aromatic heterocycles. The molecule has 160 valence electrons. The number of hydrogen-bond donors (Lipinski definition) is 0. The maximum absolute atomic E-state index is 12.7. The molecule has 1 saturated heterocycles. The Bertz CT molecular complexity index is 903. The number of amides is 1. The van der Waals surface area contributed by atoms with Crippen molar-refractivity contribution in [2.24, 2.45) is 5.92 Å². The average Bonchev–Trinajstić information content (AvgIpc) is 3.24. The van der Waals surface area contributed by atoms with Crippen LogP contribution < -0.4 is 4.90 Å². The molecule has 1 fully saturated rings. The van der Waals surface area contributed by atoms with Crippen LogP contribution in [-0.2, 0) is 16.1 Å². The van der Waals surface area contributed by atoms with Gasteiger partial charge < -0.3 is 19.0 Å². The molecule has 0 aliphatic carbocycles. The van der Waals surface area contributed by atoms with Crippen LogP contribution in [-0.4, -0.2) is 48.4 Å². The van der Waals surface area contributed by atoms with Gasteiger partial charge in [-0.15, -0.1) is 0 Å². The van der Waals surface area contributed by atoms with Crippen LogP contribution in [0.4, 0.5) is 11.4 Å². The summed E-state index contributed by atoms with van der Waals surface area (Å²) < 4.78 is 10.4. The molecule has 1 aromatic carbocycles. The van der Waals surface area contributed by atoms with Gasteiger partial charge in [-0.2, -0.15) is 0 Å². The van der Waals surface area contributed by atoms with Gasteiger partial charge in [-0.3, -0.25) is 14.9 Å². The van der Waals surface area contributed by atoms with Crippen LogP contribution >= 0.6 is 0 Å². The fraction of sp³-hybridized carbons (Fsp3) is 0.429. The van der Waals surface area contributed by atoms with E-state index in [0.717, 1.165) is 25.9 Å². The third-order valence-electron chi connectivity index (χ3n) is 5.26. The van der Waals surface area contributed by atoms with Crippen LogP contribution in [0.15, 0.2) is 41.0 Å². The lowest BCUT2D eigenvalue weighted by molar-refractivity contribution is -0.384. The van der Waals surface area contributed by atoms with Gasteiger partial charge >= 0.3 is 5.97 Å². The zero-order valence-corrected chi connectivity index (χ0v) is 17.1. The zero-order chi connectivity index (χ0) is 21.7. The second-order valence-corrected chi connectivity index (χ2v) is 7.53. The highest BCUT2D eigenvalue weighted by atomic mass is 16.6. The van der Waals surface area contributed by atoms with Crippen LogP contribution in [0, 0.1) is 16.0 Å². The number of nitro groups is 1. The first kappa shape index (κ1) is 21.4. The van der Waals surface area contributed by atoms with Crippen molar-refractivity contribution in [1.29, 1.82) is 0 Å². The van der Waals surface area contributed by atoms with E-state index in [1.54, 1.807) is 25.2 Å². The standard InChI is InChI=1S/C21H25N3O6/c1-15-7-9-23(10-8-15)19-6-5-16(24(27)28)12-18(19)21(26)30-14-20(25)22(2)13-17-4-3-11-29-17/h3-6,11-12,15H,7-10,13-14H2,1-2H3. The summed E-state index contributed by atoms with van der Waals surface area (Å²) in [5, 5.41) is 11.2. The number of non-ortho nitro benzene ring substituents is 1. The van der Waals surface area contributed by atoms with Gasteiger partial charge in [0.05, 0.1) is 29.0 Å². The third-order valence-corrected chi connectivity index (χ3v) is 5.26. The van der Waals surface area contributed by atoms with Gasteiger partial charge in [0.25, 0.3) is 11.6 Å². The summed E-state index contributed by atoms with van der Waals surface area (Å²) in [7, 11) is 1.58. The third kappa shape index (κ3) is 5.16. The molecule has 0 N–H and O–H groups in total. The van der Waals surface area contributed by atoms with Crippen LogP contribution in [0.3, 0.4) is 0 Å². The topological polar surface area (TPSA) is 106 Å². The van der Waals surface area contributed by atoms with Gasteiger partial charge in [0, 0.05) is 32.3 Å². The number of carbonyl (C=O) groups is 2. The van der Waals surface area contributed by atoms with E-state index in [2.05, 4.69) is 6.92 Å². The minimum Gasteiger partial charge on any atom is -0.467 e. The maximum atomic E-state index is 12.7. The van der Waals surface area contributed by atoms with E-state index in [1.165, 1.54) is 23.3 Å². The van der Waals surface area contributed by atoms with Gasteiger partial charge in [-0.25, -0.2) is 4.79 Å². The van der Waals surface area contributed by atoms with E-state index in [0.29, 0.717) is 17.4 Å². The SMILES string of the molecule is CC1CCN(c2ccc([N+](=O)[O-])cc2C(=O)OCC(=O)N(C)Cc2ccco2)CC1. The van der Waals surface area contributed by atoms with Gasteiger partial charge in [0.1, 0.15) is 5.76 Å². The molecule has 0 atom stereocenters. The van der Waals surface area contributed by atoms with E-state index in [-0.39, 0.29) is 17.8 Å². The average molecular weight is 415 g/mol. The number of furan rings is 1. The number of carbonyl (C=O) groups excluding carboxylic acids is 2. The molecule has 0 unspecified atom stereocenters. The van der Waals surface area contributed by atoms with Crippen molar-refractivity contribution < 1.29 is 23.7 Å². The molecular formula is C21H25N3O6. The minimum absolute atomic E-state index is 0.0974. The van der Waals surface area contributed by atoms with Crippen molar-refractivity contribution in [3.63, 3.8) is 0 Å². The number of nitrogens with zero attached hydrogens (tertiary/aromatic N) is 3. The molecule has 1 aliphatic heterocycles. The number of anilines is 1. The molecule has 0 bridgehead atoms. The molecule has 30 heavy (non-hydrogen) atoms. The Morgan fingerprint density at radius 1 is 1.30 bits per heavy atom. The van der Waals surface area contributed by atoms with Crippen molar-refractivity contribution >= 4 is 23.3 Å². The van der Waals surface area contributed by atoms with E-state index in [4.69, 9.17) is 9.15 Å². The Balaban J connectivity index is 1.70. The maximum Gasteiger partial charge on any atom is 0.341 e. The Labute approximate surface area is 174 Å². The lowest BCUT2D eigenvalue weighted by Gasteiger charge is -2.33. The van der Waals surface area contributed by atoms with Gasteiger partial charge in [-0.05, 0) is 37.0 Å². The van der Waals surface area contributed by atoms with Gasteiger partial charge in [-0.1, -0.05) is 6.92 Å². The molecule has 3 rings (SSSR count). The number of benzene rings is 1. The van der Waals surface area contributed by atoms with Crippen molar-refractivity contribution in [3.8, 4) is 0 Å². The Morgan fingerprint density at radius 2 is 2.03 bits per heavy atom. The molecule has 0 saturated carbocycles. The molecule has 0 radical (unpaired) electrons. The predicted molar refractivity (Wildman–Crippen MR) is 109 cm³/mol. The van der Waals surface area contributed by atoms with Gasteiger partial charge in [0.2, 0.25) is 0 Å².